The predicted molar refractivity (Wildman–Crippen MR) is 101 cm³/mol. The highest BCUT2D eigenvalue weighted by atomic mass is 32.2. The zero-order valence-corrected chi connectivity index (χ0v) is 15.2. The molecular formula is C20H16O3S2. The van der Waals surface area contributed by atoms with Gasteiger partial charge in [0.2, 0.25) is 0 Å². The Morgan fingerprint density at radius 2 is 1.84 bits per heavy atom. The van der Waals surface area contributed by atoms with E-state index >= 15 is 0 Å². The average molecular weight is 368 g/mol. The van der Waals surface area contributed by atoms with Gasteiger partial charge in [0.05, 0.1) is 0 Å². The van der Waals surface area contributed by atoms with E-state index in [0.29, 0.717) is 16.9 Å². The first-order valence-corrected chi connectivity index (χ1v) is 9.74. The predicted octanol–water partition coefficient (Wildman–Crippen LogP) is 5.67. The van der Waals surface area contributed by atoms with Gasteiger partial charge in [-0.25, -0.2) is 0 Å². The molecule has 1 unspecified atom stereocenters. The summed E-state index contributed by atoms with van der Waals surface area (Å²) in [5, 5.41) is 21.7. The molecule has 1 aliphatic heterocycles. The smallest absolute Gasteiger partial charge is 0.171 e. The van der Waals surface area contributed by atoms with Gasteiger partial charge in [-0.1, -0.05) is 36.9 Å². The van der Waals surface area contributed by atoms with E-state index in [1.807, 2.05) is 24.4 Å². The number of benzene rings is 2. The first kappa shape index (κ1) is 16.2. The number of carbonyl (C=O) groups excluding carboxylic acids is 1. The summed E-state index contributed by atoms with van der Waals surface area (Å²) in [6, 6.07) is 13.2. The lowest BCUT2D eigenvalue weighted by Gasteiger charge is -2.15. The van der Waals surface area contributed by atoms with Gasteiger partial charge in [0.1, 0.15) is 0 Å². The highest BCUT2D eigenvalue weighted by Crippen LogP contribution is 2.46. The number of ketones is 1. The van der Waals surface area contributed by atoms with Gasteiger partial charge in [-0.15, -0.1) is 11.3 Å². The van der Waals surface area contributed by atoms with E-state index in [9.17, 15) is 15.0 Å². The maximum atomic E-state index is 13.0. The Morgan fingerprint density at radius 3 is 2.56 bits per heavy atom. The summed E-state index contributed by atoms with van der Waals surface area (Å²) in [6.45, 7) is 2.00. The Kier molecular flexibility index (Phi) is 4.06. The van der Waals surface area contributed by atoms with Crippen LogP contribution in [-0.2, 0) is 0 Å². The van der Waals surface area contributed by atoms with Crippen LogP contribution in [0.5, 0.6) is 11.5 Å². The number of hydrogen-bond acceptors (Lipinski definition) is 5. The van der Waals surface area contributed by atoms with Crippen LogP contribution in [0.2, 0.25) is 0 Å². The molecule has 4 rings (SSSR count). The van der Waals surface area contributed by atoms with Crippen LogP contribution in [0.15, 0.2) is 57.6 Å². The minimum Gasteiger partial charge on any atom is -0.504 e. The molecule has 0 fully saturated rings. The number of phenols is 2. The van der Waals surface area contributed by atoms with Gasteiger partial charge in [0.15, 0.2) is 17.3 Å². The Morgan fingerprint density at radius 1 is 1.04 bits per heavy atom. The van der Waals surface area contributed by atoms with Crippen molar-refractivity contribution >= 4 is 28.9 Å². The summed E-state index contributed by atoms with van der Waals surface area (Å²) in [7, 11) is 0. The fraction of sp³-hybridized carbons (Fsp3) is 0.150. The quantitative estimate of drug-likeness (QED) is 0.572. The normalized spacial score (nSPS) is 16.2. The minimum atomic E-state index is -0.257. The van der Waals surface area contributed by atoms with Gasteiger partial charge in [0, 0.05) is 26.1 Å². The first-order valence-electron chi connectivity index (χ1n) is 8.04. The molecular weight excluding hydrogens is 352 g/mol. The molecule has 0 spiro atoms. The molecule has 126 valence electrons. The van der Waals surface area contributed by atoms with Gasteiger partial charge in [-0.3, -0.25) is 4.79 Å². The topological polar surface area (TPSA) is 57.5 Å². The van der Waals surface area contributed by atoms with Crippen LogP contribution in [0.4, 0.5) is 0 Å². The van der Waals surface area contributed by atoms with E-state index in [-0.39, 0.29) is 23.2 Å². The van der Waals surface area contributed by atoms with E-state index in [2.05, 4.69) is 18.2 Å². The molecule has 0 amide bonds. The van der Waals surface area contributed by atoms with Crippen LogP contribution in [0.3, 0.4) is 0 Å². The highest BCUT2D eigenvalue weighted by Gasteiger charge is 2.30. The molecule has 0 radical (unpaired) electrons. The molecule has 0 bridgehead atoms. The molecule has 0 aliphatic carbocycles. The Labute approximate surface area is 154 Å². The summed E-state index contributed by atoms with van der Waals surface area (Å²) >= 11 is 3.15. The molecule has 3 nitrogen and oxygen atoms in total. The monoisotopic (exact) mass is 368 g/mol. The standard InChI is InChI=1S/C20H16O3S2/c1-2-12-13-6-5-11(17-4-3-7-24-17)8-18(13)25-19-10-16(22)15(21)9-14(19)20(12)23/h3-10,12,21-22H,2H2,1H3. The van der Waals surface area contributed by atoms with E-state index in [0.717, 1.165) is 16.0 Å². The van der Waals surface area contributed by atoms with Crippen molar-refractivity contribution in [1.82, 2.24) is 0 Å². The van der Waals surface area contributed by atoms with Gasteiger partial charge in [0.25, 0.3) is 0 Å². The molecule has 2 N–H and O–H groups in total. The number of phenolic OH excluding ortho intramolecular Hbond substituents is 2. The average Bonchev–Trinajstić information content (AvgIpc) is 3.10. The summed E-state index contributed by atoms with van der Waals surface area (Å²) in [5.74, 6) is -0.717. The largest absolute Gasteiger partial charge is 0.504 e. The molecule has 1 aromatic heterocycles. The number of rotatable bonds is 2. The summed E-state index contributed by atoms with van der Waals surface area (Å²) < 4.78 is 0. The van der Waals surface area contributed by atoms with Crippen molar-refractivity contribution in [3.63, 3.8) is 0 Å². The zero-order valence-electron chi connectivity index (χ0n) is 13.5. The lowest BCUT2D eigenvalue weighted by Crippen LogP contribution is -2.12. The van der Waals surface area contributed by atoms with E-state index < -0.39 is 0 Å². The second kappa shape index (κ2) is 6.24. The summed E-state index contributed by atoms with van der Waals surface area (Å²) in [4.78, 5) is 15.9. The Hall–Kier alpha value is -2.24. The Balaban J connectivity index is 1.91. The summed E-state index contributed by atoms with van der Waals surface area (Å²) in [5.41, 5.74) is 2.60. The fourth-order valence-corrected chi connectivity index (χ4v) is 5.11. The third kappa shape index (κ3) is 2.73. The van der Waals surface area contributed by atoms with Crippen LogP contribution in [0.25, 0.3) is 10.4 Å². The zero-order chi connectivity index (χ0) is 17.6. The van der Waals surface area contributed by atoms with Gasteiger partial charge >= 0.3 is 0 Å². The van der Waals surface area contributed by atoms with Gasteiger partial charge in [-0.05, 0) is 47.2 Å². The van der Waals surface area contributed by atoms with Crippen molar-refractivity contribution in [2.45, 2.75) is 29.1 Å². The maximum Gasteiger partial charge on any atom is 0.171 e. The lowest BCUT2D eigenvalue weighted by molar-refractivity contribution is 0.0953. The number of carbonyl (C=O) groups is 1. The second-order valence-electron chi connectivity index (χ2n) is 5.99. The number of fused-ring (bicyclic) bond motifs is 2. The molecule has 3 aromatic rings. The molecule has 1 aliphatic rings. The van der Waals surface area contributed by atoms with Crippen molar-refractivity contribution in [1.29, 1.82) is 0 Å². The SMILES string of the molecule is CCC1C(=O)c2cc(O)c(O)cc2Sc2cc(-c3cccs3)ccc21. The fourth-order valence-electron chi connectivity index (χ4n) is 3.19. The van der Waals surface area contributed by atoms with Crippen molar-refractivity contribution in [2.75, 3.05) is 0 Å². The third-order valence-electron chi connectivity index (χ3n) is 4.48. The van der Waals surface area contributed by atoms with E-state index in [1.54, 1.807) is 11.3 Å². The highest BCUT2D eigenvalue weighted by molar-refractivity contribution is 7.99. The lowest BCUT2D eigenvalue weighted by atomic mass is 9.88. The van der Waals surface area contributed by atoms with Crippen LogP contribution in [0, 0.1) is 0 Å². The van der Waals surface area contributed by atoms with Crippen molar-refractivity contribution < 1.29 is 15.0 Å². The van der Waals surface area contributed by atoms with Crippen LogP contribution >= 0.6 is 23.1 Å². The molecule has 1 atom stereocenters. The Bertz CT molecular complexity index is 961. The van der Waals surface area contributed by atoms with Crippen molar-refractivity contribution in [2.24, 2.45) is 0 Å². The van der Waals surface area contributed by atoms with Crippen molar-refractivity contribution in [3.05, 3.63) is 59.0 Å². The third-order valence-corrected chi connectivity index (χ3v) is 6.53. The molecule has 0 saturated heterocycles. The second-order valence-corrected chi connectivity index (χ2v) is 8.03. The first-order chi connectivity index (χ1) is 12.1. The number of aromatic hydroxyl groups is 2. The summed E-state index contributed by atoms with van der Waals surface area (Å²) in [6.07, 6.45) is 0.686. The molecule has 2 aromatic carbocycles. The molecule has 2 heterocycles. The number of Topliss-reactive ketones (excluding diaryl/α,β-unsaturated/α-hetero) is 1. The van der Waals surface area contributed by atoms with E-state index in [4.69, 9.17) is 0 Å². The molecule has 25 heavy (non-hydrogen) atoms. The molecule has 5 heteroatoms. The molecule has 0 saturated carbocycles. The van der Waals surface area contributed by atoms with Crippen LogP contribution < -0.4 is 0 Å². The van der Waals surface area contributed by atoms with Gasteiger partial charge < -0.3 is 10.2 Å². The van der Waals surface area contributed by atoms with Crippen molar-refractivity contribution in [3.8, 4) is 21.9 Å². The number of hydrogen-bond donors (Lipinski definition) is 2. The van der Waals surface area contributed by atoms with Crippen LogP contribution in [-0.4, -0.2) is 16.0 Å². The number of thiophene rings is 1. The van der Waals surface area contributed by atoms with Crippen LogP contribution in [0.1, 0.15) is 35.2 Å². The minimum absolute atomic E-state index is 0.0112. The maximum absolute atomic E-state index is 13.0. The van der Waals surface area contributed by atoms with Gasteiger partial charge in [-0.2, -0.15) is 0 Å². The van der Waals surface area contributed by atoms with E-state index in [1.165, 1.54) is 28.8 Å².